The average Bonchev–Trinajstić information content (AvgIpc) is 2.77. The van der Waals surface area contributed by atoms with Gasteiger partial charge in [-0.05, 0) is 18.8 Å². The van der Waals surface area contributed by atoms with Crippen molar-refractivity contribution in [2.45, 2.75) is 117 Å². The first-order valence-electron chi connectivity index (χ1n) is 13.5. The quantitative estimate of drug-likeness (QED) is 0.102. The van der Waals surface area contributed by atoms with Crippen molar-refractivity contribution >= 4 is 5.97 Å². The number of hydrogen-bond donors (Lipinski definition) is 0. The fourth-order valence-corrected chi connectivity index (χ4v) is 3.64. The van der Waals surface area contributed by atoms with E-state index in [4.69, 9.17) is 18.9 Å². The van der Waals surface area contributed by atoms with Crippen LogP contribution in [0.15, 0.2) is 0 Å². The molecule has 0 spiro atoms. The molecule has 0 N–H and O–H groups in total. The minimum atomic E-state index is -0.107. The number of carbonyl (C=O) groups excluding carboxylic acids is 1. The molecule has 0 aliphatic carbocycles. The lowest BCUT2D eigenvalue weighted by molar-refractivity contribution is -0.144. The Labute approximate surface area is 199 Å². The third-order valence-corrected chi connectivity index (χ3v) is 5.66. The molecule has 0 saturated carbocycles. The van der Waals surface area contributed by atoms with Crippen LogP contribution in [0.1, 0.15) is 117 Å². The molecule has 0 aromatic rings. The van der Waals surface area contributed by atoms with Gasteiger partial charge in [-0.2, -0.15) is 0 Å². The summed E-state index contributed by atoms with van der Waals surface area (Å²) in [5.41, 5.74) is 0. The van der Waals surface area contributed by atoms with E-state index in [1.165, 1.54) is 77.0 Å². The lowest BCUT2D eigenvalue weighted by Gasteiger charge is -2.07. The molecule has 5 heteroatoms. The lowest BCUT2D eigenvalue weighted by Crippen LogP contribution is -2.10. The van der Waals surface area contributed by atoms with E-state index in [0.29, 0.717) is 52.5 Å². The Kier molecular flexibility index (Phi) is 26.1. The standard InChI is InChI=1S/C27H54O5/c1-26(2)18-15-13-11-9-7-5-4-6-8-10-12-14-16-21-32-27(28)19-17-20-30-24-25-31-23-22-29-3/h26H,4-25H2,1-3H3. The molecule has 32 heavy (non-hydrogen) atoms. The second-order valence-electron chi connectivity index (χ2n) is 9.32. The maximum Gasteiger partial charge on any atom is 0.305 e. The summed E-state index contributed by atoms with van der Waals surface area (Å²) in [6.45, 7) is 8.07. The lowest BCUT2D eigenvalue weighted by atomic mass is 10.0. The highest BCUT2D eigenvalue weighted by Gasteiger charge is 2.02. The minimum absolute atomic E-state index is 0.107. The second-order valence-corrected chi connectivity index (χ2v) is 9.32. The molecule has 192 valence electrons. The SMILES string of the molecule is COCCOCCOCCCC(=O)OCCCCCCCCCCCCCCCC(C)C. The maximum atomic E-state index is 11.7. The largest absolute Gasteiger partial charge is 0.466 e. The van der Waals surface area contributed by atoms with E-state index in [2.05, 4.69) is 13.8 Å². The summed E-state index contributed by atoms with van der Waals surface area (Å²) in [7, 11) is 1.65. The Hall–Kier alpha value is -0.650. The topological polar surface area (TPSA) is 54.0 Å². The normalized spacial score (nSPS) is 11.4. The Morgan fingerprint density at radius 3 is 1.56 bits per heavy atom. The molecule has 0 aromatic heterocycles. The highest BCUT2D eigenvalue weighted by molar-refractivity contribution is 5.69. The predicted molar refractivity (Wildman–Crippen MR) is 133 cm³/mol. The molecule has 0 saturated heterocycles. The van der Waals surface area contributed by atoms with Gasteiger partial charge in [-0.25, -0.2) is 0 Å². The minimum Gasteiger partial charge on any atom is -0.466 e. The molecule has 0 bridgehead atoms. The Morgan fingerprint density at radius 2 is 1.03 bits per heavy atom. The summed E-state index contributed by atoms with van der Waals surface area (Å²) in [5.74, 6) is 0.758. The fraction of sp³-hybridized carbons (Fsp3) is 0.963. The van der Waals surface area contributed by atoms with E-state index in [-0.39, 0.29) is 5.97 Å². The molecule has 0 unspecified atom stereocenters. The van der Waals surface area contributed by atoms with Crippen LogP contribution in [0.5, 0.6) is 0 Å². The van der Waals surface area contributed by atoms with Gasteiger partial charge in [0.15, 0.2) is 0 Å². The van der Waals surface area contributed by atoms with Crippen LogP contribution in [-0.4, -0.2) is 52.7 Å². The van der Waals surface area contributed by atoms with Gasteiger partial charge in [0.1, 0.15) is 0 Å². The summed E-state index contributed by atoms with van der Waals surface area (Å²) in [6, 6.07) is 0. The van der Waals surface area contributed by atoms with E-state index in [1.807, 2.05) is 0 Å². The van der Waals surface area contributed by atoms with Crippen molar-refractivity contribution in [3.05, 3.63) is 0 Å². The van der Waals surface area contributed by atoms with E-state index >= 15 is 0 Å². The molecule has 0 heterocycles. The highest BCUT2D eigenvalue weighted by atomic mass is 16.5. The van der Waals surface area contributed by atoms with Crippen LogP contribution in [-0.2, 0) is 23.7 Å². The van der Waals surface area contributed by atoms with Gasteiger partial charge in [0.05, 0.1) is 33.0 Å². The van der Waals surface area contributed by atoms with Gasteiger partial charge in [-0.15, -0.1) is 0 Å². The molecule has 5 nitrogen and oxygen atoms in total. The smallest absolute Gasteiger partial charge is 0.305 e. The van der Waals surface area contributed by atoms with Gasteiger partial charge in [0.2, 0.25) is 0 Å². The van der Waals surface area contributed by atoms with Crippen LogP contribution in [0.4, 0.5) is 0 Å². The van der Waals surface area contributed by atoms with Gasteiger partial charge < -0.3 is 18.9 Å². The molecule has 0 aliphatic heterocycles. The first-order chi connectivity index (χ1) is 15.7. The molecule has 0 aromatic carbocycles. The highest BCUT2D eigenvalue weighted by Crippen LogP contribution is 2.14. The average molecular weight is 459 g/mol. The monoisotopic (exact) mass is 458 g/mol. The maximum absolute atomic E-state index is 11.7. The van der Waals surface area contributed by atoms with Crippen molar-refractivity contribution in [3.63, 3.8) is 0 Å². The third-order valence-electron chi connectivity index (χ3n) is 5.66. The summed E-state index contributed by atoms with van der Waals surface area (Å²) in [4.78, 5) is 11.7. The number of esters is 1. The zero-order valence-corrected chi connectivity index (χ0v) is 21.7. The van der Waals surface area contributed by atoms with Crippen LogP contribution in [0.3, 0.4) is 0 Å². The second kappa shape index (κ2) is 26.6. The number of methoxy groups -OCH3 is 1. The first kappa shape index (κ1) is 31.4. The van der Waals surface area contributed by atoms with Crippen molar-refractivity contribution in [3.8, 4) is 0 Å². The van der Waals surface area contributed by atoms with Crippen molar-refractivity contribution < 1.29 is 23.7 Å². The summed E-state index contributed by atoms with van der Waals surface area (Å²) in [6.07, 6.45) is 19.9. The van der Waals surface area contributed by atoms with Crippen LogP contribution in [0.25, 0.3) is 0 Å². The Bertz CT molecular complexity index is 373. The van der Waals surface area contributed by atoms with E-state index in [9.17, 15) is 4.79 Å². The van der Waals surface area contributed by atoms with Gasteiger partial charge in [0, 0.05) is 20.1 Å². The van der Waals surface area contributed by atoms with Crippen molar-refractivity contribution in [1.29, 1.82) is 0 Å². The van der Waals surface area contributed by atoms with Gasteiger partial charge in [-0.1, -0.05) is 97.3 Å². The molecule has 0 fully saturated rings. The molecule has 0 amide bonds. The summed E-state index contributed by atoms with van der Waals surface area (Å²) in [5, 5.41) is 0. The predicted octanol–water partition coefficient (Wildman–Crippen LogP) is 7.11. The van der Waals surface area contributed by atoms with Crippen LogP contribution in [0, 0.1) is 5.92 Å². The first-order valence-corrected chi connectivity index (χ1v) is 13.5. The number of unbranched alkanes of at least 4 members (excludes halogenated alkanes) is 12. The number of rotatable bonds is 26. The van der Waals surface area contributed by atoms with Crippen LogP contribution >= 0.6 is 0 Å². The third kappa shape index (κ3) is 27.4. The molecule has 0 atom stereocenters. The van der Waals surface area contributed by atoms with Crippen LogP contribution in [0.2, 0.25) is 0 Å². The molecule has 0 aliphatic rings. The van der Waals surface area contributed by atoms with Crippen molar-refractivity contribution in [1.82, 2.24) is 0 Å². The Balaban J connectivity index is 3.14. The fourth-order valence-electron chi connectivity index (χ4n) is 3.64. The number of hydrogen-bond acceptors (Lipinski definition) is 5. The van der Waals surface area contributed by atoms with E-state index < -0.39 is 0 Å². The van der Waals surface area contributed by atoms with Crippen molar-refractivity contribution in [2.24, 2.45) is 5.92 Å². The van der Waals surface area contributed by atoms with Crippen molar-refractivity contribution in [2.75, 3.05) is 46.8 Å². The Morgan fingerprint density at radius 1 is 0.562 bits per heavy atom. The molecule has 0 radical (unpaired) electrons. The zero-order chi connectivity index (χ0) is 23.5. The molecular weight excluding hydrogens is 404 g/mol. The summed E-state index contributed by atoms with van der Waals surface area (Å²) < 4.78 is 20.9. The van der Waals surface area contributed by atoms with Crippen LogP contribution < -0.4 is 0 Å². The van der Waals surface area contributed by atoms with E-state index in [1.54, 1.807) is 7.11 Å². The van der Waals surface area contributed by atoms with Gasteiger partial charge in [0.25, 0.3) is 0 Å². The number of ether oxygens (including phenoxy) is 4. The number of carbonyl (C=O) groups is 1. The van der Waals surface area contributed by atoms with Gasteiger partial charge >= 0.3 is 5.97 Å². The summed E-state index contributed by atoms with van der Waals surface area (Å²) >= 11 is 0. The van der Waals surface area contributed by atoms with Gasteiger partial charge in [-0.3, -0.25) is 4.79 Å². The molecule has 0 rings (SSSR count). The molecular formula is C27H54O5. The van der Waals surface area contributed by atoms with E-state index in [0.717, 1.165) is 18.8 Å². The zero-order valence-electron chi connectivity index (χ0n) is 21.7.